The lowest BCUT2D eigenvalue weighted by molar-refractivity contribution is 0.0690. The second-order valence-electron chi connectivity index (χ2n) is 10.2. The molecule has 5 rings (SSSR count). The lowest BCUT2D eigenvalue weighted by atomic mass is 9.84. The van der Waals surface area contributed by atoms with E-state index in [-0.39, 0.29) is 11.7 Å². The fourth-order valence-corrected chi connectivity index (χ4v) is 5.71. The normalized spacial score (nSPS) is 17.9. The maximum Gasteiger partial charge on any atom is 0.354 e. The standard InChI is InChI=1S/C31H36N2O3/c34-31(35)29-18-17-26-27(10-6-11-28(26)33-29)32-20-19-25-9-4-5-12-30(25)36-21-22-13-15-24(16-14-22)23-7-2-1-3-8-23/h4-5,9,12-18,23,27,32H,1-3,6-8,10-11,19-21H2,(H,34,35). The number of carbonyl (C=O) groups is 1. The highest BCUT2D eigenvalue weighted by Crippen LogP contribution is 2.33. The monoisotopic (exact) mass is 484 g/mol. The molecule has 1 unspecified atom stereocenters. The highest BCUT2D eigenvalue weighted by molar-refractivity contribution is 5.85. The van der Waals surface area contributed by atoms with Crippen LogP contribution >= 0.6 is 0 Å². The fourth-order valence-electron chi connectivity index (χ4n) is 5.71. The maximum absolute atomic E-state index is 11.3. The molecule has 1 fully saturated rings. The largest absolute Gasteiger partial charge is 0.489 e. The summed E-state index contributed by atoms with van der Waals surface area (Å²) < 4.78 is 6.25. The molecule has 0 aliphatic heterocycles. The van der Waals surface area contributed by atoms with Gasteiger partial charge in [0.1, 0.15) is 18.1 Å². The van der Waals surface area contributed by atoms with E-state index in [1.807, 2.05) is 12.1 Å². The number of fused-ring (bicyclic) bond motifs is 1. The van der Waals surface area contributed by atoms with Gasteiger partial charge in [0.15, 0.2) is 0 Å². The summed E-state index contributed by atoms with van der Waals surface area (Å²) in [6.45, 7) is 1.39. The van der Waals surface area contributed by atoms with Crippen LogP contribution in [0.4, 0.5) is 0 Å². The smallest absolute Gasteiger partial charge is 0.354 e. The number of pyridine rings is 1. The van der Waals surface area contributed by atoms with Crippen LogP contribution in [0.15, 0.2) is 60.7 Å². The Kier molecular flexibility index (Phi) is 7.97. The van der Waals surface area contributed by atoms with Crippen molar-refractivity contribution >= 4 is 5.97 Å². The Labute approximate surface area is 213 Å². The Morgan fingerprint density at radius 2 is 1.75 bits per heavy atom. The number of rotatable bonds is 9. The molecule has 188 valence electrons. The van der Waals surface area contributed by atoms with Crippen molar-refractivity contribution in [3.8, 4) is 5.75 Å². The number of nitrogens with one attached hydrogen (secondary N) is 1. The van der Waals surface area contributed by atoms with Crippen molar-refractivity contribution in [3.63, 3.8) is 0 Å². The molecule has 2 aliphatic carbocycles. The molecule has 0 bridgehead atoms. The summed E-state index contributed by atoms with van der Waals surface area (Å²) in [6.07, 6.45) is 10.5. The third-order valence-electron chi connectivity index (χ3n) is 7.72. The van der Waals surface area contributed by atoms with Crippen molar-refractivity contribution in [2.24, 2.45) is 0 Å². The zero-order valence-corrected chi connectivity index (χ0v) is 20.9. The number of aryl methyl sites for hydroxylation is 1. The topological polar surface area (TPSA) is 71.5 Å². The van der Waals surface area contributed by atoms with Gasteiger partial charge in [-0.2, -0.15) is 0 Å². The van der Waals surface area contributed by atoms with E-state index in [2.05, 4.69) is 52.8 Å². The van der Waals surface area contributed by atoms with Crippen molar-refractivity contribution in [2.75, 3.05) is 6.54 Å². The fraction of sp³-hybridized carbons (Fsp3) is 0.419. The predicted molar refractivity (Wildman–Crippen MR) is 142 cm³/mol. The molecule has 0 radical (unpaired) electrons. The number of nitrogens with zero attached hydrogens (tertiary/aromatic N) is 1. The van der Waals surface area contributed by atoms with Crippen LogP contribution in [-0.2, 0) is 19.4 Å². The average molecular weight is 485 g/mol. The van der Waals surface area contributed by atoms with E-state index in [4.69, 9.17) is 4.74 Å². The molecule has 0 saturated heterocycles. The first-order valence-electron chi connectivity index (χ1n) is 13.4. The van der Waals surface area contributed by atoms with Crippen LogP contribution in [0.25, 0.3) is 0 Å². The van der Waals surface area contributed by atoms with Crippen molar-refractivity contribution in [3.05, 3.63) is 94.3 Å². The van der Waals surface area contributed by atoms with E-state index in [0.717, 1.165) is 55.2 Å². The van der Waals surface area contributed by atoms with Gasteiger partial charge in [0.05, 0.1) is 0 Å². The lowest BCUT2D eigenvalue weighted by Crippen LogP contribution is -2.28. The van der Waals surface area contributed by atoms with E-state index < -0.39 is 5.97 Å². The second-order valence-corrected chi connectivity index (χ2v) is 10.2. The minimum atomic E-state index is -0.968. The number of carboxylic acids is 1. The molecule has 2 aromatic carbocycles. The summed E-state index contributed by atoms with van der Waals surface area (Å²) in [5.41, 5.74) is 6.05. The molecule has 1 saturated carbocycles. The second kappa shape index (κ2) is 11.7. The minimum absolute atomic E-state index is 0.129. The highest BCUT2D eigenvalue weighted by atomic mass is 16.5. The van der Waals surface area contributed by atoms with Gasteiger partial charge < -0.3 is 15.2 Å². The summed E-state index contributed by atoms with van der Waals surface area (Å²) in [4.78, 5) is 15.6. The predicted octanol–water partition coefficient (Wildman–Crippen LogP) is 6.62. The van der Waals surface area contributed by atoms with Crippen LogP contribution < -0.4 is 10.1 Å². The van der Waals surface area contributed by atoms with Crippen molar-refractivity contribution in [1.29, 1.82) is 0 Å². The van der Waals surface area contributed by atoms with Gasteiger partial charge in [-0.15, -0.1) is 0 Å². The third kappa shape index (κ3) is 5.96. The highest BCUT2D eigenvalue weighted by Gasteiger charge is 2.22. The molecule has 1 heterocycles. The molecule has 5 nitrogen and oxygen atoms in total. The first-order valence-corrected chi connectivity index (χ1v) is 13.4. The van der Waals surface area contributed by atoms with E-state index in [9.17, 15) is 9.90 Å². The summed E-state index contributed by atoms with van der Waals surface area (Å²) in [5.74, 6) is 0.699. The van der Waals surface area contributed by atoms with Crippen LogP contribution in [0.2, 0.25) is 0 Å². The summed E-state index contributed by atoms with van der Waals surface area (Å²) in [7, 11) is 0. The number of hydrogen-bond acceptors (Lipinski definition) is 4. The quantitative estimate of drug-likeness (QED) is 0.357. The molecular formula is C31H36N2O3. The number of aromatic nitrogens is 1. The van der Waals surface area contributed by atoms with Crippen molar-refractivity contribution < 1.29 is 14.6 Å². The summed E-state index contributed by atoms with van der Waals surface area (Å²) in [5, 5.41) is 12.9. The third-order valence-corrected chi connectivity index (χ3v) is 7.72. The average Bonchev–Trinajstić information content (AvgIpc) is 2.93. The van der Waals surface area contributed by atoms with Gasteiger partial charge in [-0.1, -0.05) is 67.8 Å². The number of carboxylic acid groups (broad SMARTS) is 1. The van der Waals surface area contributed by atoms with Crippen LogP contribution in [0, 0.1) is 0 Å². The number of aromatic carboxylic acids is 1. The summed E-state index contributed by atoms with van der Waals surface area (Å²) in [6, 6.07) is 21.1. The number of ether oxygens (including phenoxy) is 1. The van der Waals surface area contributed by atoms with Gasteiger partial charge in [-0.05, 0) is 85.4 Å². The molecule has 1 atom stereocenters. The molecular weight excluding hydrogens is 448 g/mol. The molecule has 1 aromatic heterocycles. The molecule has 0 spiro atoms. The minimum Gasteiger partial charge on any atom is -0.489 e. The van der Waals surface area contributed by atoms with Gasteiger partial charge >= 0.3 is 5.97 Å². The van der Waals surface area contributed by atoms with E-state index in [0.29, 0.717) is 6.61 Å². The van der Waals surface area contributed by atoms with Gasteiger partial charge in [0.2, 0.25) is 0 Å². The lowest BCUT2D eigenvalue weighted by Gasteiger charge is -2.26. The summed E-state index contributed by atoms with van der Waals surface area (Å²) >= 11 is 0. The number of para-hydroxylation sites is 1. The molecule has 0 amide bonds. The molecule has 2 aliphatic rings. The van der Waals surface area contributed by atoms with Crippen molar-refractivity contribution in [1.82, 2.24) is 10.3 Å². The SMILES string of the molecule is O=C(O)c1ccc2c(n1)CCCC2NCCc1ccccc1OCc1ccc(C2CCCCC2)cc1. The van der Waals surface area contributed by atoms with Gasteiger partial charge in [0.25, 0.3) is 0 Å². The van der Waals surface area contributed by atoms with Crippen molar-refractivity contribution in [2.45, 2.75) is 76.4 Å². The van der Waals surface area contributed by atoms with E-state index in [1.54, 1.807) is 6.07 Å². The number of benzene rings is 2. The first-order chi connectivity index (χ1) is 17.7. The zero-order valence-electron chi connectivity index (χ0n) is 20.9. The van der Waals surface area contributed by atoms with Crippen LogP contribution in [0.5, 0.6) is 5.75 Å². The Balaban J connectivity index is 1.16. The molecule has 3 aromatic rings. The zero-order chi connectivity index (χ0) is 24.7. The van der Waals surface area contributed by atoms with E-state index >= 15 is 0 Å². The van der Waals surface area contributed by atoms with Gasteiger partial charge in [-0.3, -0.25) is 0 Å². The molecule has 5 heteroatoms. The Hall–Kier alpha value is -3.18. The Morgan fingerprint density at radius 3 is 2.56 bits per heavy atom. The van der Waals surface area contributed by atoms with Crippen LogP contribution in [0.1, 0.15) is 95.3 Å². The first kappa shape index (κ1) is 24.5. The Bertz CT molecular complexity index is 1170. The Morgan fingerprint density at radius 1 is 0.944 bits per heavy atom. The molecule has 2 N–H and O–H groups in total. The maximum atomic E-state index is 11.3. The van der Waals surface area contributed by atoms with Gasteiger partial charge in [-0.25, -0.2) is 9.78 Å². The van der Waals surface area contributed by atoms with Crippen LogP contribution in [0.3, 0.4) is 0 Å². The van der Waals surface area contributed by atoms with E-state index in [1.165, 1.54) is 48.8 Å². The van der Waals surface area contributed by atoms with Gasteiger partial charge in [0, 0.05) is 11.7 Å². The van der Waals surface area contributed by atoms with Crippen LogP contribution in [-0.4, -0.2) is 22.6 Å². The number of hydrogen-bond donors (Lipinski definition) is 2. The molecule has 36 heavy (non-hydrogen) atoms.